The summed E-state index contributed by atoms with van der Waals surface area (Å²) in [6, 6.07) is 20.9. The number of piperidine rings is 1. The Hall–Kier alpha value is -5.27. The predicted molar refractivity (Wildman–Crippen MR) is 199 cm³/mol. The number of hydrogen-bond donors (Lipinski definition) is 2. The number of anilines is 1. The molecule has 2 amide bonds. The minimum Gasteiger partial charge on any atom is -0.518 e. The van der Waals surface area contributed by atoms with Crippen molar-refractivity contribution in [3.05, 3.63) is 112 Å². The van der Waals surface area contributed by atoms with Gasteiger partial charge in [-0.2, -0.15) is 13.2 Å². The molecule has 3 aliphatic heterocycles. The van der Waals surface area contributed by atoms with Gasteiger partial charge in [-0.25, -0.2) is 4.98 Å². The molecular weight excluding hydrogens is 698 g/mol. The number of amides is 2. The summed E-state index contributed by atoms with van der Waals surface area (Å²) in [6.07, 6.45) is -2.01. The Morgan fingerprint density at radius 2 is 1.70 bits per heavy atom. The molecule has 0 spiro atoms. The zero-order valence-corrected chi connectivity index (χ0v) is 30.5. The van der Waals surface area contributed by atoms with E-state index in [1.54, 1.807) is 24.3 Å². The lowest BCUT2D eigenvalue weighted by Gasteiger charge is -2.42. The van der Waals surface area contributed by atoms with Gasteiger partial charge in [-0.05, 0) is 61.1 Å². The van der Waals surface area contributed by atoms with Gasteiger partial charge in [0.15, 0.2) is 0 Å². The Kier molecular flexibility index (Phi) is 9.97. The van der Waals surface area contributed by atoms with E-state index in [1.165, 1.54) is 16.7 Å². The van der Waals surface area contributed by atoms with E-state index in [4.69, 9.17) is 14.3 Å². The molecule has 1 fully saturated rings. The van der Waals surface area contributed by atoms with Crippen LogP contribution in [0.15, 0.2) is 83.7 Å². The van der Waals surface area contributed by atoms with E-state index in [2.05, 4.69) is 29.7 Å². The molecule has 0 radical (unpaired) electrons. The third-order valence-corrected chi connectivity index (χ3v) is 10.8. The molecule has 0 aliphatic carbocycles. The second-order valence-electron chi connectivity index (χ2n) is 15.0. The molecule has 54 heavy (non-hydrogen) atoms. The van der Waals surface area contributed by atoms with Crippen LogP contribution < -0.4 is 31.1 Å². The predicted octanol–water partition coefficient (Wildman–Crippen LogP) is 5.74. The van der Waals surface area contributed by atoms with E-state index < -0.39 is 35.9 Å². The van der Waals surface area contributed by atoms with Gasteiger partial charge in [0.25, 0.3) is 5.56 Å². The van der Waals surface area contributed by atoms with Gasteiger partial charge in [0, 0.05) is 43.4 Å². The molecule has 10 nitrogen and oxygen atoms in total. The number of fused-ring (bicyclic) bond motifs is 2. The van der Waals surface area contributed by atoms with Crippen LogP contribution in [0.2, 0.25) is 0 Å². The van der Waals surface area contributed by atoms with Gasteiger partial charge < -0.3 is 24.8 Å². The molecule has 2 N–H and O–H groups in total. The SMILES string of the molecule is CCCNC(=O)C1CC(C)(CC(=O)N2CCCC(C)(c3ccccc3)C2)c2nc(B3Oc4ccccc4O3)c(NCc3cccc(C(F)(F)F)c3)c(=O)n21. The fourth-order valence-electron chi connectivity index (χ4n) is 7.97. The van der Waals surface area contributed by atoms with Crippen LogP contribution in [-0.4, -0.2) is 53.0 Å². The number of halogens is 3. The number of para-hydroxylation sites is 2. The topological polar surface area (TPSA) is 115 Å². The van der Waals surface area contributed by atoms with Gasteiger partial charge in [0.05, 0.1) is 5.56 Å². The van der Waals surface area contributed by atoms with Crippen LogP contribution in [-0.2, 0) is 33.1 Å². The molecular formula is C40H43BF3N5O5. The number of likely N-dealkylation sites (tertiary alicyclic amines) is 1. The molecule has 4 aromatic rings. The van der Waals surface area contributed by atoms with E-state index in [0.29, 0.717) is 37.6 Å². The summed E-state index contributed by atoms with van der Waals surface area (Å²) in [5, 5.41) is 5.93. The lowest BCUT2D eigenvalue weighted by molar-refractivity contribution is -0.137. The Morgan fingerprint density at radius 3 is 2.39 bits per heavy atom. The number of alkyl halides is 3. The van der Waals surface area contributed by atoms with Gasteiger partial charge >= 0.3 is 13.3 Å². The standard InChI is InChI=1S/C40H43BF3N5O5/c1-4-19-45-35(51)29-22-39(3,23-32(50)48-20-11-18-38(2,25-48)27-13-6-5-7-14-27)37-47-34(41-53-30-16-8-9-17-31(30)54-41)33(36(52)49(29)37)46-24-26-12-10-15-28(21-26)40(42,43)44/h5-10,12-17,21,29,46H,4,11,18-20,22-25H2,1-3H3,(H,45,51). The summed E-state index contributed by atoms with van der Waals surface area (Å²) in [5.41, 5.74) is -1.31. The fourth-order valence-corrected chi connectivity index (χ4v) is 7.97. The molecule has 3 aromatic carbocycles. The molecule has 14 heteroatoms. The van der Waals surface area contributed by atoms with Crippen LogP contribution >= 0.6 is 0 Å². The normalized spacial score (nSPS) is 21.9. The van der Waals surface area contributed by atoms with Crippen LogP contribution in [0.1, 0.15) is 81.4 Å². The number of aromatic nitrogens is 2. The summed E-state index contributed by atoms with van der Waals surface area (Å²) < 4.78 is 54.3. The largest absolute Gasteiger partial charge is 0.655 e. The van der Waals surface area contributed by atoms with E-state index in [0.717, 1.165) is 30.5 Å². The van der Waals surface area contributed by atoms with E-state index in [1.807, 2.05) is 36.9 Å². The molecule has 1 saturated heterocycles. The highest BCUT2D eigenvalue weighted by Crippen LogP contribution is 2.43. The van der Waals surface area contributed by atoms with Crippen molar-refractivity contribution in [1.82, 2.24) is 19.8 Å². The van der Waals surface area contributed by atoms with Gasteiger partial charge in [0.2, 0.25) is 11.8 Å². The average Bonchev–Trinajstić information content (AvgIpc) is 3.72. The van der Waals surface area contributed by atoms with Crippen molar-refractivity contribution in [2.24, 2.45) is 0 Å². The van der Waals surface area contributed by atoms with Crippen molar-refractivity contribution < 1.29 is 32.1 Å². The zero-order chi connectivity index (χ0) is 38.3. The first-order chi connectivity index (χ1) is 25.8. The van der Waals surface area contributed by atoms with Crippen molar-refractivity contribution in [1.29, 1.82) is 0 Å². The number of nitrogens with one attached hydrogen (secondary N) is 2. The molecule has 1 aromatic heterocycles. The lowest BCUT2D eigenvalue weighted by atomic mass is 9.75. The molecule has 7 rings (SSSR count). The van der Waals surface area contributed by atoms with Crippen LogP contribution in [0.4, 0.5) is 18.9 Å². The number of benzene rings is 3. The van der Waals surface area contributed by atoms with Gasteiger partial charge in [-0.15, -0.1) is 0 Å². The summed E-state index contributed by atoms with van der Waals surface area (Å²) in [4.78, 5) is 49.7. The van der Waals surface area contributed by atoms with Crippen molar-refractivity contribution in [2.45, 2.75) is 82.5 Å². The molecule has 0 saturated carbocycles. The first-order valence-corrected chi connectivity index (χ1v) is 18.4. The third kappa shape index (κ3) is 7.17. The van der Waals surface area contributed by atoms with Gasteiger partial charge in [0.1, 0.15) is 34.6 Å². The van der Waals surface area contributed by atoms with Crippen molar-refractivity contribution in [3.8, 4) is 11.5 Å². The highest BCUT2D eigenvalue weighted by atomic mass is 19.4. The quantitative estimate of drug-likeness (QED) is 0.200. The maximum atomic E-state index is 14.8. The highest BCUT2D eigenvalue weighted by molar-refractivity contribution is 6.64. The molecule has 3 atom stereocenters. The monoisotopic (exact) mass is 741 g/mol. The summed E-state index contributed by atoms with van der Waals surface area (Å²) in [7, 11) is -1.19. The Balaban J connectivity index is 1.28. The second-order valence-corrected chi connectivity index (χ2v) is 15.0. The van der Waals surface area contributed by atoms with Crippen molar-refractivity contribution in [3.63, 3.8) is 0 Å². The minimum atomic E-state index is -4.55. The first kappa shape index (κ1) is 37.1. The minimum absolute atomic E-state index is 0.00900. The van der Waals surface area contributed by atoms with Crippen molar-refractivity contribution >= 4 is 30.2 Å². The lowest BCUT2D eigenvalue weighted by Crippen LogP contribution is -2.50. The summed E-state index contributed by atoms with van der Waals surface area (Å²) >= 11 is 0. The van der Waals surface area contributed by atoms with Crippen LogP contribution in [0, 0.1) is 0 Å². The van der Waals surface area contributed by atoms with E-state index >= 15 is 0 Å². The van der Waals surface area contributed by atoms with Crippen LogP contribution in [0.25, 0.3) is 0 Å². The van der Waals surface area contributed by atoms with E-state index in [9.17, 15) is 27.6 Å². The Bertz CT molecular complexity index is 2090. The number of rotatable bonds is 10. The zero-order valence-electron chi connectivity index (χ0n) is 30.5. The molecule has 282 valence electrons. The van der Waals surface area contributed by atoms with Crippen LogP contribution in [0.3, 0.4) is 0 Å². The van der Waals surface area contributed by atoms with Gasteiger partial charge in [-0.1, -0.05) is 75.4 Å². The van der Waals surface area contributed by atoms with E-state index in [-0.39, 0.29) is 59.3 Å². The van der Waals surface area contributed by atoms with Crippen LogP contribution in [0.5, 0.6) is 11.5 Å². The first-order valence-electron chi connectivity index (χ1n) is 18.4. The summed E-state index contributed by atoms with van der Waals surface area (Å²) in [5.74, 6) is 0.599. The maximum Gasteiger partial charge on any atom is 0.655 e. The molecule has 0 bridgehead atoms. The molecule has 4 heterocycles. The number of carbonyl (C=O) groups is 2. The van der Waals surface area contributed by atoms with Crippen molar-refractivity contribution in [2.75, 3.05) is 25.0 Å². The smallest absolute Gasteiger partial charge is 0.518 e. The molecule has 3 unspecified atom stereocenters. The number of hydrogen-bond acceptors (Lipinski definition) is 7. The number of carbonyl (C=O) groups excluding carboxylic acids is 2. The Labute approximate surface area is 312 Å². The maximum absolute atomic E-state index is 14.8. The Morgan fingerprint density at radius 1 is 1.00 bits per heavy atom. The van der Waals surface area contributed by atoms with Gasteiger partial charge in [-0.3, -0.25) is 19.0 Å². The molecule has 3 aliphatic rings. The second kappa shape index (κ2) is 14.5. The fraction of sp³-hybridized carbons (Fsp3) is 0.400. The average molecular weight is 742 g/mol. The third-order valence-electron chi connectivity index (χ3n) is 10.8. The summed E-state index contributed by atoms with van der Waals surface area (Å²) in [6.45, 7) is 7.27. The number of nitrogens with zero attached hydrogens (tertiary/aromatic N) is 3. The highest BCUT2D eigenvalue weighted by Gasteiger charge is 2.50.